The van der Waals surface area contributed by atoms with E-state index >= 15 is 0 Å². The largest absolute Gasteiger partial charge is 0.379 e. The van der Waals surface area contributed by atoms with Gasteiger partial charge in [-0.3, -0.25) is 9.89 Å². The highest BCUT2D eigenvalue weighted by molar-refractivity contribution is 14.0. The maximum absolute atomic E-state index is 13.8. The maximum Gasteiger partial charge on any atom is 0.193 e. The fourth-order valence-corrected chi connectivity index (χ4v) is 3.21. The molecule has 1 unspecified atom stereocenters. The van der Waals surface area contributed by atoms with Crippen LogP contribution in [-0.2, 0) is 4.74 Å². The number of rotatable bonds is 8. The highest BCUT2D eigenvalue weighted by Crippen LogP contribution is 2.22. The minimum atomic E-state index is -0.202. The van der Waals surface area contributed by atoms with E-state index in [2.05, 4.69) is 26.7 Å². The molecule has 0 spiro atoms. The number of hydrogen-bond donors (Lipinski definition) is 1. The fourth-order valence-electron chi connectivity index (χ4n) is 3.21. The zero-order valence-corrected chi connectivity index (χ0v) is 18.7. The van der Waals surface area contributed by atoms with Crippen LogP contribution in [0.4, 0.5) is 4.39 Å². The van der Waals surface area contributed by atoms with Crippen LogP contribution >= 0.6 is 24.0 Å². The van der Waals surface area contributed by atoms with Crippen molar-refractivity contribution in [2.75, 3.05) is 53.5 Å². The first-order valence-corrected chi connectivity index (χ1v) is 9.25. The van der Waals surface area contributed by atoms with Crippen LogP contribution in [0.5, 0.6) is 0 Å². The predicted octanol–water partition coefficient (Wildman–Crippen LogP) is 3.29. The van der Waals surface area contributed by atoms with Gasteiger partial charge in [-0.1, -0.05) is 18.2 Å². The Labute approximate surface area is 179 Å². The summed E-state index contributed by atoms with van der Waals surface area (Å²) in [6.45, 7) is 8.45. The molecule has 0 aromatic heterocycles. The summed E-state index contributed by atoms with van der Waals surface area (Å²) in [7, 11) is 3.82. The van der Waals surface area contributed by atoms with Gasteiger partial charge in [0.2, 0.25) is 0 Å². The lowest BCUT2D eigenvalue weighted by Crippen LogP contribution is -2.46. The van der Waals surface area contributed by atoms with Gasteiger partial charge in [0, 0.05) is 40.3 Å². The number of ether oxygens (including phenoxy) is 1. The summed E-state index contributed by atoms with van der Waals surface area (Å²) in [5.74, 6) is 0.649. The van der Waals surface area contributed by atoms with E-state index in [9.17, 15) is 4.39 Å². The summed E-state index contributed by atoms with van der Waals surface area (Å²) >= 11 is 0. The summed E-state index contributed by atoms with van der Waals surface area (Å²) in [6.07, 6.45) is 3.96. The van der Waals surface area contributed by atoms with Crippen molar-refractivity contribution in [1.82, 2.24) is 15.1 Å². The fraction of sp³-hybridized carbons (Fsp3) is 0.550. The molecule has 7 heteroatoms. The number of nitrogens with zero attached hydrogens (tertiary/aromatic N) is 3. The van der Waals surface area contributed by atoms with Gasteiger partial charge in [-0.05, 0) is 30.5 Å². The Kier molecular flexibility index (Phi) is 11.5. The van der Waals surface area contributed by atoms with Gasteiger partial charge in [-0.2, -0.15) is 0 Å². The van der Waals surface area contributed by atoms with E-state index in [1.807, 2.05) is 19.2 Å². The van der Waals surface area contributed by atoms with Crippen molar-refractivity contribution in [1.29, 1.82) is 0 Å². The second-order valence-corrected chi connectivity index (χ2v) is 6.50. The van der Waals surface area contributed by atoms with Crippen LogP contribution in [0.1, 0.15) is 24.4 Å². The van der Waals surface area contributed by atoms with Gasteiger partial charge in [0.05, 0.1) is 19.3 Å². The second kappa shape index (κ2) is 13.1. The van der Waals surface area contributed by atoms with E-state index in [0.717, 1.165) is 44.0 Å². The number of benzene rings is 1. The van der Waals surface area contributed by atoms with Crippen molar-refractivity contribution in [3.63, 3.8) is 0 Å². The molecule has 1 atom stereocenters. The van der Waals surface area contributed by atoms with E-state index in [0.29, 0.717) is 19.8 Å². The molecule has 1 saturated heterocycles. The lowest BCUT2D eigenvalue weighted by molar-refractivity contribution is 0.0168. The number of unbranched alkanes of at least 4 members (excludes halogenated alkanes) is 1. The Hall–Kier alpha value is -1.19. The highest BCUT2D eigenvalue weighted by atomic mass is 127. The van der Waals surface area contributed by atoms with Crippen LogP contribution < -0.4 is 5.32 Å². The third-order valence-corrected chi connectivity index (χ3v) is 4.65. The molecule has 5 nitrogen and oxygen atoms in total. The Balaban J connectivity index is 0.00000364. The van der Waals surface area contributed by atoms with E-state index in [1.165, 1.54) is 6.07 Å². The summed E-state index contributed by atoms with van der Waals surface area (Å²) < 4.78 is 19.2. The number of allylic oxidation sites excluding steroid dienone is 1. The van der Waals surface area contributed by atoms with Gasteiger partial charge in [-0.25, -0.2) is 4.39 Å². The average molecular weight is 490 g/mol. The molecule has 1 aromatic rings. The van der Waals surface area contributed by atoms with Crippen LogP contribution in [0.2, 0.25) is 0 Å². The molecule has 1 N–H and O–H groups in total. The number of hydrogen-bond acceptors (Lipinski definition) is 3. The first-order valence-electron chi connectivity index (χ1n) is 9.25. The van der Waals surface area contributed by atoms with E-state index in [-0.39, 0.29) is 35.8 Å². The molecule has 1 fully saturated rings. The van der Waals surface area contributed by atoms with Crippen molar-refractivity contribution in [2.24, 2.45) is 4.99 Å². The second-order valence-electron chi connectivity index (χ2n) is 6.50. The Bertz CT molecular complexity index is 593. The van der Waals surface area contributed by atoms with Crippen molar-refractivity contribution in [3.05, 3.63) is 48.3 Å². The van der Waals surface area contributed by atoms with Gasteiger partial charge in [0.25, 0.3) is 0 Å². The molecule has 0 bridgehead atoms. The minimum Gasteiger partial charge on any atom is -0.379 e. The lowest BCUT2D eigenvalue weighted by atomic mass is 10.0. The number of nitrogens with one attached hydrogen (secondary N) is 1. The SMILES string of the molecule is C=CCCCN(C)C(=NC)NCC(c1cccc(F)c1)N1CCOCC1.I. The summed E-state index contributed by atoms with van der Waals surface area (Å²) in [5, 5.41) is 3.46. The van der Waals surface area contributed by atoms with Crippen molar-refractivity contribution in [3.8, 4) is 0 Å². The van der Waals surface area contributed by atoms with E-state index < -0.39 is 0 Å². The number of guanidine groups is 1. The molecule has 1 aliphatic rings. The molecule has 0 radical (unpaired) electrons. The van der Waals surface area contributed by atoms with Crippen LogP contribution in [0.25, 0.3) is 0 Å². The highest BCUT2D eigenvalue weighted by Gasteiger charge is 2.23. The lowest BCUT2D eigenvalue weighted by Gasteiger charge is -2.35. The Morgan fingerprint density at radius 1 is 1.44 bits per heavy atom. The molecule has 1 aliphatic heterocycles. The molecule has 152 valence electrons. The standard InChI is InChI=1S/C20H31FN4O.HI/c1-4-5-6-10-24(3)20(22-2)23-16-19(25-11-13-26-14-12-25)17-8-7-9-18(21)15-17;/h4,7-9,15,19H,1,5-6,10-14,16H2,2-3H3,(H,22,23);1H. The zero-order valence-electron chi connectivity index (χ0n) is 16.4. The molecule has 2 rings (SSSR count). The molecule has 0 saturated carbocycles. The Morgan fingerprint density at radius 3 is 2.81 bits per heavy atom. The molecule has 0 amide bonds. The van der Waals surface area contributed by atoms with Gasteiger partial charge in [0.15, 0.2) is 5.96 Å². The molecule has 0 aliphatic carbocycles. The third kappa shape index (κ3) is 7.75. The summed E-state index contributed by atoms with van der Waals surface area (Å²) in [5.41, 5.74) is 0.976. The van der Waals surface area contributed by atoms with Crippen LogP contribution in [0, 0.1) is 5.82 Å². The zero-order chi connectivity index (χ0) is 18.8. The molecular formula is C20H32FIN4O. The molecule has 1 heterocycles. The number of morpholine rings is 1. The van der Waals surface area contributed by atoms with Crippen molar-refractivity contribution in [2.45, 2.75) is 18.9 Å². The summed E-state index contributed by atoms with van der Waals surface area (Å²) in [6, 6.07) is 6.95. The monoisotopic (exact) mass is 490 g/mol. The first kappa shape index (κ1) is 23.8. The normalized spacial score (nSPS) is 16.3. The Morgan fingerprint density at radius 2 is 2.19 bits per heavy atom. The quantitative estimate of drug-likeness (QED) is 0.200. The molecule has 1 aromatic carbocycles. The topological polar surface area (TPSA) is 40.1 Å². The van der Waals surface area contributed by atoms with E-state index in [1.54, 1.807) is 19.2 Å². The van der Waals surface area contributed by atoms with Gasteiger partial charge >= 0.3 is 0 Å². The predicted molar refractivity (Wildman–Crippen MR) is 120 cm³/mol. The summed E-state index contributed by atoms with van der Waals surface area (Å²) in [4.78, 5) is 8.84. The van der Waals surface area contributed by atoms with Gasteiger partial charge in [0.1, 0.15) is 5.82 Å². The van der Waals surface area contributed by atoms with Crippen molar-refractivity contribution < 1.29 is 9.13 Å². The van der Waals surface area contributed by atoms with Crippen LogP contribution in [-0.4, -0.2) is 69.2 Å². The smallest absolute Gasteiger partial charge is 0.193 e. The van der Waals surface area contributed by atoms with Crippen LogP contribution in [0.3, 0.4) is 0 Å². The average Bonchev–Trinajstić information content (AvgIpc) is 2.66. The molecular weight excluding hydrogens is 458 g/mol. The maximum atomic E-state index is 13.8. The van der Waals surface area contributed by atoms with E-state index in [4.69, 9.17) is 4.74 Å². The first-order chi connectivity index (χ1) is 12.7. The van der Waals surface area contributed by atoms with Gasteiger partial charge < -0.3 is 15.0 Å². The number of halogens is 2. The van der Waals surface area contributed by atoms with Gasteiger partial charge in [-0.15, -0.1) is 30.6 Å². The number of aliphatic imine (C=N–C) groups is 1. The third-order valence-electron chi connectivity index (χ3n) is 4.65. The molecule has 27 heavy (non-hydrogen) atoms. The minimum absolute atomic E-state index is 0. The van der Waals surface area contributed by atoms with Crippen LogP contribution in [0.15, 0.2) is 41.9 Å². The van der Waals surface area contributed by atoms with Crippen molar-refractivity contribution >= 4 is 29.9 Å².